The molecule has 1 heterocycles. The van der Waals surface area contributed by atoms with Crippen LogP contribution in [0.2, 0.25) is 0 Å². The quantitative estimate of drug-likeness (QED) is 0.890. The Labute approximate surface area is 122 Å². The van der Waals surface area contributed by atoms with Crippen molar-refractivity contribution in [2.45, 2.75) is 19.4 Å². The van der Waals surface area contributed by atoms with Gasteiger partial charge in [0, 0.05) is 22.7 Å². The van der Waals surface area contributed by atoms with E-state index in [1.165, 1.54) is 0 Å². The number of anilines is 1. The maximum atomic E-state index is 11.9. The molecule has 2 atom stereocenters. The molecule has 19 heavy (non-hydrogen) atoms. The van der Waals surface area contributed by atoms with Crippen LogP contribution < -0.4 is 11.1 Å². The van der Waals surface area contributed by atoms with E-state index in [1.54, 1.807) is 0 Å². The van der Waals surface area contributed by atoms with Crippen molar-refractivity contribution in [3.63, 3.8) is 0 Å². The van der Waals surface area contributed by atoms with E-state index in [4.69, 9.17) is 5.73 Å². The summed E-state index contributed by atoms with van der Waals surface area (Å²) < 4.78 is 1.00. The number of halogens is 1. The molecule has 0 saturated carbocycles. The van der Waals surface area contributed by atoms with Crippen molar-refractivity contribution in [2.75, 3.05) is 25.0 Å². The highest BCUT2D eigenvalue weighted by molar-refractivity contribution is 9.10. The largest absolute Gasteiger partial charge is 0.328 e. The lowest BCUT2D eigenvalue weighted by Gasteiger charge is -2.17. The van der Waals surface area contributed by atoms with Gasteiger partial charge < -0.3 is 11.1 Å². The third-order valence-electron chi connectivity index (χ3n) is 3.55. The first-order valence-electron chi connectivity index (χ1n) is 6.58. The normalized spacial score (nSPS) is 21.3. The molecule has 1 aliphatic heterocycles. The van der Waals surface area contributed by atoms with Gasteiger partial charge in [-0.15, -0.1) is 0 Å². The average molecular weight is 326 g/mol. The summed E-state index contributed by atoms with van der Waals surface area (Å²) in [4.78, 5) is 14.1. The highest BCUT2D eigenvalue weighted by Gasteiger charge is 2.26. The van der Waals surface area contributed by atoms with Crippen LogP contribution in [0.15, 0.2) is 28.7 Å². The van der Waals surface area contributed by atoms with Crippen LogP contribution in [-0.2, 0) is 4.79 Å². The summed E-state index contributed by atoms with van der Waals surface area (Å²) >= 11 is 3.37. The first-order chi connectivity index (χ1) is 9.04. The van der Waals surface area contributed by atoms with Crippen LogP contribution in [0.1, 0.15) is 13.3 Å². The van der Waals surface area contributed by atoms with E-state index in [0.717, 1.165) is 29.7 Å². The molecule has 1 aromatic carbocycles. The van der Waals surface area contributed by atoms with Gasteiger partial charge >= 0.3 is 0 Å². The van der Waals surface area contributed by atoms with Crippen molar-refractivity contribution in [3.8, 4) is 0 Å². The minimum atomic E-state index is 0.0349. The molecule has 104 valence electrons. The van der Waals surface area contributed by atoms with Gasteiger partial charge in [0.15, 0.2) is 0 Å². The number of benzene rings is 1. The SMILES string of the molecule is CC(N)C1CCN(CC(=O)Nc2ccc(Br)cc2)C1. The number of nitrogens with zero attached hydrogens (tertiary/aromatic N) is 1. The predicted molar refractivity (Wildman–Crippen MR) is 81.0 cm³/mol. The number of carbonyl (C=O) groups excluding carboxylic acids is 1. The molecule has 2 unspecified atom stereocenters. The number of likely N-dealkylation sites (tertiary alicyclic amines) is 1. The number of hydrogen-bond acceptors (Lipinski definition) is 3. The first kappa shape index (κ1) is 14.5. The molecule has 2 rings (SSSR count). The maximum Gasteiger partial charge on any atom is 0.238 e. The molecule has 0 spiro atoms. The Morgan fingerprint density at radius 1 is 1.53 bits per heavy atom. The van der Waals surface area contributed by atoms with Gasteiger partial charge in [-0.25, -0.2) is 0 Å². The first-order valence-corrected chi connectivity index (χ1v) is 7.37. The maximum absolute atomic E-state index is 11.9. The summed E-state index contributed by atoms with van der Waals surface area (Å²) in [5.41, 5.74) is 6.73. The van der Waals surface area contributed by atoms with Gasteiger partial charge in [-0.05, 0) is 50.1 Å². The summed E-state index contributed by atoms with van der Waals surface area (Å²) in [5.74, 6) is 0.549. The highest BCUT2D eigenvalue weighted by Crippen LogP contribution is 2.18. The second-order valence-corrected chi connectivity index (χ2v) is 6.11. The Balaban J connectivity index is 1.80. The fourth-order valence-electron chi connectivity index (χ4n) is 2.37. The third-order valence-corrected chi connectivity index (χ3v) is 4.08. The van der Waals surface area contributed by atoms with Crippen molar-refractivity contribution in [1.82, 2.24) is 4.90 Å². The second kappa shape index (κ2) is 6.50. The van der Waals surface area contributed by atoms with Crippen molar-refractivity contribution in [3.05, 3.63) is 28.7 Å². The van der Waals surface area contributed by atoms with Crippen LogP contribution in [0.3, 0.4) is 0 Å². The zero-order valence-corrected chi connectivity index (χ0v) is 12.7. The van der Waals surface area contributed by atoms with E-state index in [2.05, 4.69) is 26.1 Å². The zero-order valence-electron chi connectivity index (χ0n) is 11.1. The summed E-state index contributed by atoms with van der Waals surface area (Å²) in [7, 11) is 0. The van der Waals surface area contributed by atoms with Gasteiger partial charge in [0.25, 0.3) is 0 Å². The van der Waals surface area contributed by atoms with Gasteiger partial charge in [0.1, 0.15) is 0 Å². The highest BCUT2D eigenvalue weighted by atomic mass is 79.9. The smallest absolute Gasteiger partial charge is 0.238 e. The molecular formula is C14H20BrN3O. The van der Waals surface area contributed by atoms with Crippen molar-refractivity contribution in [2.24, 2.45) is 11.7 Å². The monoisotopic (exact) mass is 325 g/mol. The van der Waals surface area contributed by atoms with Crippen LogP contribution in [-0.4, -0.2) is 36.5 Å². The van der Waals surface area contributed by atoms with E-state index in [0.29, 0.717) is 12.5 Å². The van der Waals surface area contributed by atoms with Gasteiger partial charge in [0.05, 0.1) is 6.54 Å². The number of hydrogen-bond donors (Lipinski definition) is 2. The van der Waals surface area contributed by atoms with Gasteiger partial charge in [-0.1, -0.05) is 15.9 Å². The molecule has 0 aromatic heterocycles. The molecule has 4 nitrogen and oxygen atoms in total. The van der Waals surface area contributed by atoms with Crippen LogP contribution in [0, 0.1) is 5.92 Å². The van der Waals surface area contributed by atoms with E-state index in [1.807, 2.05) is 31.2 Å². The van der Waals surface area contributed by atoms with Crippen molar-refractivity contribution >= 4 is 27.5 Å². The van der Waals surface area contributed by atoms with Gasteiger partial charge in [0.2, 0.25) is 5.91 Å². The lowest BCUT2D eigenvalue weighted by molar-refractivity contribution is -0.117. The number of nitrogens with two attached hydrogens (primary N) is 1. The number of carbonyl (C=O) groups is 1. The molecule has 0 bridgehead atoms. The third kappa shape index (κ3) is 4.30. The number of amides is 1. The summed E-state index contributed by atoms with van der Waals surface area (Å²) in [6, 6.07) is 7.81. The van der Waals surface area contributed by atoms with Gasteiger partial charge in [-0.3, -0.25) is 9.69 Å². The van der Waals surface area contributed by atoms with Crippen LogP contribution in [0.25, 0.3) is 0 Å². The number of rotatable bonds is 4. The van der Waals surface area contributed by atoms with Crippen molar-refractivity contribution in [1.29, 1.82) is 0 Å². The molecule has 5 heteroatoms. The molecule has 3 N–H and O–H groups in total. The molecule has 1 fully saturated rings. The van der Waals surface area contributed by atoms with Crippen LogP contribution in [0.4, 0.5) is 5.69 Å². The molecule has 1 saturated heterocycles. The fourth-order valence-corrected chi connectivity index (χ4v) is 2.64. The number of nitrogens with one attached hydrogen (secondary N) is 1. The summed E-state index contributed by atoms with van der Waals surface area (Å²) in [5, 5.41) is 2.91. The minimum Gasteiger partial charge on any atom is -0.328 e. The Kier molecular flexibility index (Phi) is 4.96. The molecule has 0 radical (unpaired) electrons. The Morgan fingerprint density at radius 3 is 2.79 bits per heavy atom. The van der Waals surface area contributed by atoms with E-state index in [9.17, 15) is 4.79 Å². The molecule has 1 aliphatic rings. The fraction of sp³-hybridized carbons (Fsp3) is 0.500. The lowest BCUT2D eigenvalue weighted by atomic mass is 10.0. The zero-order chi connectivity index (χ0) is 13.8. The Bertz CT molecular complexity index is 433. The van der Waals surface area contributed by atoms with Crippen LogP contribution in [0.5, 0.6) is 0 Å². The van der Waals surface area contributed by atoms with Crippen LogP contribution >= 0.6 is 15.9 Å². The lowest BCUT2D eigenvalue weighted by Crippen LogP contribution is -2.34. The van der Waals surface area contributed by atoms with Crippen molar-refractivity contribution < 1.29 is 4.79 Å². The Morgan fingerprint density at radius 2 is 2.21 bits per heavy atom. The predicted octanol–water partition coefficient (Wildman–Crippen LogP) is 2.06. The topological polar surface area (TPSA) is 58.4 Å². The summed E-state index contributed by atoms with van der Waals surface area (Å²) in [6.07, 6.45) is 1.09. The van der Waals surface area contributed by atoms with E-state index in [-0.39, 0.29) is 11.9 Å². The van der Waals surface area contributed by atoms with E-state index >= 15 is 0 Å². The molecular weight excluding hydrogens is 306 g/mol. The minimum absolute atomic E-state index is 0.0349. The summed E-state index contributed by atoms with van der Waals surface area (Å²) in [6.45, 7) is 4.36. The molecule has 0 aliphatic carbocycles. The van der Waals surface area contributed by atoms with Gasteiger partial charge in [-0.2, -0.15) is 0 Å². The molecule has 1 amide bonds. The molecule has 1 aromatic rings. The standard InChI is InChI=1S/C14H20BrN3O/c1-10(16)11-6-7-18(8-11)9-14(19)17-13-4-2-12(15)3-5-13/h2-5,10-11H,6-9,16H2,1H3,(H,17,19). The van der Waals surface area contributed by atoms with E-state index < -0.39 is 0 Å². The average Bonchev–Trinajstić information content (AvgIpc) is 2.80. The Hall–Kier alpha value is -0.910. The second-order valence-electron chi connectivity index (χ2n) is 5.20.